The lowest BCUT2D eigenvalue weighted by atomic mass is 10.1. The van der Waals surface area contributed by atoms with E-state index in [1.54, 1.807) is 12.1 Å². The number of primary sulfonamides is 1. The molecule has 1 heterocycles. The van der Waals surface area contributed by atoms with Gasteiger partial charge in [-0.25, -0.2) is 13.6 Å². The van der Waals surface area contributed by atoms with Crippen molar-refractivity contribution in [3.63, 3.8) is 0 Å². The van der Waals surface area contributed by atoms with Crippen molar-refractivity contribution in [2.24, 2.45) is 5.14 Å². The third kappa shape index (κ3) is 5.22. The van der Waals surface area contributed by atoms with Gasteiger partial charge in [-0.1, -0.05) is 60.2 Å². The summed E-state index contributed by atoms with van der Waals surface area (Å²) >= 11 is 0. The highest BCUT2D eigenvalue weighted by molar-refractivity contribution is 7.89. The molecule has 0 aliphatic heterocycles. The molecule has 0 fully saturated rings. The number of para-hydroxylation sites is 1. The number of fused-ring (bicyclic) bond motifs is 1. The fourth-order valence-electron chi connectivity index (χ4n) is 3.90. The van der Waals surface area contributed by atoms with Gasteiger partial charge in [0.05, 0.1) is 4.90 Å². The van der Waals surface area contributed by atoms with E-state index >= 15 is 0 Å². The zero-order valence-corrected chi connectivity index (χ0v) is 18.4. The number of aromatic nitrogens is 1. The first kappa shape index (κ1) is 21.3. The van der Waals surface area contributed by atoms with Crippen LogP contribution in [0.5, 0.6) is 0 Å². The summed E-state index contributed by atoms with van der Waals surface area (Å²) in [5.41, 5.74) is 6.14. The highest BCUT2D eigenvalue weighted by Crippen LogP contribution is 2.22. The van der Waals surface area contributed by atoms with Crippen molar-refractivity contribution in [3.05, 3.63) is 101 Å². The maximum absolute atomic E-state index is 11.4. The quantitative estimate of drug-likeness (QED) is 0.413. The molecule has 0 aliphatic rings. The SMILES string of the molecule is Cc1cccc(Cn2cc(CNCCc3ccc(S(N)(=O)=O)cc3)c3ccccc32)c1. The van der Waals surface area contributed by atoms with Crippen LogP contribution in [0.4, 0.5) is 0 Å². The highest BCUT2D eigenvalue weighted by Gasteiger charge is 2.09. The van der Waals surface area contributed by atoms with E-state index in [9.17, 15) is 8.42 Å². The lowest BCUT2D eigenvalue weighted by Gasteiger charge is -2.06. The van der Waals surface area contributed by atoms with E-state index < -0.39 is 10.0 Å². The van der Waals surface area contributed by atoms with Crippen LogP contribution in [0.1, 0.15) is 22.3 Å². The van der Waals surface area contributed by atoms with Gasteiger partial charge in [0.1, 0.15) is 0 Å². The summed E-state index contributed by atoms with van der Waals surface area (Å²) in [4.78, 5) is 0.144. The first-order chi connectivity index (χ1) is 14.9. The summed E-state index contributed by atoms with van der Waals surface area (Å²) in [6.45, 7) is 4.54. The maximum atomic E-state index is 11.4. The van der Waals surface area contributed by atoms with Crippen molar-refractivity contribution in [2.45, 2.75) is 31.3 Å². The molecule has 3 aromatic carbocycles. The van der Waals surface area contributed by atoms with Crippen molar-refractivity contribution in [3.8, 4) is 0 Å². The molecule has 0 aliphatic carbocycles. The van der Waals surface area contributed by atoms with Gasteiger partial charge in [0.25, 0.3) is 0 Å². The number of nitrogens with zero attached hydrogens (tertiary/aromatic N) is 1. The summed E-state index contributed by atoms with van der Waals surface area (Å²) in [6.07, 6.45) is 3.05. The predicted octanol–water partition coefficient (Wildman–Crippen LogP) is 3.98. The Balaban J connectivity index is 1.42. The van der Waals surface area contributed by atoms with Crippen molar-refractivity contribution in [1.29, 1.82) is 0 Å². The minimum Gasteiger partial charge on any atom is -0.343 e. The smallest absolute Gasteiger partial charge is 0.238 e. The van der Waals surface area contributed by atoms with Crippen LogP contribution in [0.25, 0.3) is 10.9 Å². The molecule has 0 saturated carbocycles. The molecule has 0 radical (unpaired) electrons. The van der Waals surface area contributed by atoms with Crippen LogP contribution in [-0.2, 0) is 29.5 Å². The topological polar surface area (TPSA) is 77.1 Å². The molecular formula is C25H27N3O2S. The van der Waals surface area contributed by atoms with Gasteiger partial charge < -0.3 is 9.88 Å². The van der Waals surface area contributed by atoms with Crippen molar-refractivity contribution in [2.75, 3.05) is 6.54 Å². The minimum absolute atomic E-state index is 0.144. The predicted molar refractivity (Wildman–Crippen MR) is 125 cm³/mol. The third-order valence-corrected chi connectivity index (χ3v) is 6.39. The van der Waals surface area contributed by atoms with Crippen molar-refractivity contribution >= 4 is 20.9 Å². The van der Waals surface area contributed by atoms with E-state index in [-0.39, 0.29) is 4.90 Å². The molecule has 5 nitrogen and oxygen atoms in total. The second-order valence-electron chi connectivity index (χ2n) is 7.90. The monoisotopic (exact) mass is 433 g/mol. The van der Waals surface area contributed by atoms with Gasteiger partial charge in [-0.05, 0) is 54.8 Å². The molecule has 160 valence electrons. The second-order valence-corrected chi connectivity index (χ2v) is 9.47. The Morgan fingerprint density at radius 3 is 2.45 bits per heavy atom. The van der Waals surface area contributed by atoms with E-state index in [2.05, 4.69) is 71.5 Å². The van der Waals surface area contributed by atoms with Gasteiger partial charge in [-0.2, -0.15) is 0 Å². The Kier molecular flexibility index (Phi) is 6.23. The zero-order valence-electron chi connectivity index (χ0n) is 17.6. The first-order valence-electron chi connectivity index (χ1n) is 10.3. The molecule has 0 spiro atoms. The van der Waals surface area contributed by atoms with Gasteiger partial charge in [0.15, 0.2) is 0 Å². The Morgan fingerprint density at radius 2 is 1.71 bits per heavy atom. The van der Waals surface area contributed by atoms with E-state index in [0.717, 1.165) is 31.6 Å². The largest absolute Gasteiger partial charge is 0.343 e. The average molecular weight is 434 g/mol. The standard InChI is InChI=1S/C25H27N3O2S/c1-19-5-4-6-21(15-19)17-28-18-22(24-7-2-3-8-25(24)28)16-27-14-13-20-9-11-23(12-10-20)31(26,29)30/h2-12,15,18,27H,13-14,16-17H2,1H3,(H2,26,29,30). The summed E-state index contributed by atoms with van der Waals surface area (Å²) in [5, 5.41) is 9.94. The Morgan fingerprint density at radius 1 is 0.935 bits per heavy atom. The van der Waals surface area contributed by atoms with E-state index in [1.807, 2.05) is 12.1 Å². The van der Waals surface area contributed by atoms with Gasteiger partial charge in [0, 0.05) is 30.2 Å². The molecule has 0 atom stereocenters. The van der Waals surface area contributed by atoms with Gasteiger partial charge in [-0.3, -0.25) is 0 Å². The van der Waals surface area contributed by atoms with Crippen LogP contribution in [-0.4, -0.2) is 19.5 Å². The van der Waals surface area contributed by atoms with Crippen LogP contribution in [0.15, 0.2) is 83.9 Å². The molecule has 0 unspecified atom stereocenters. The number of aryl methyl sites for hydroxylation is 1. The third-order valence-electron chi connectivity index (χ3n) is 5.46. The molecule has 0 amide bonds. The van der Waals surface area contributed by atoms with Gasteiger partial charge in [-0.15, -0.1) is 0 Å². The van der Waals surface area contributed by atoms with Gasteiger partial charge in [0.2, 0.25) is 10.0 Å². The number of hydrogen-bond donors (Lipinski definition) is 2. The van der Waals surface area contributed by atoms with Crippen LogP contribution >= 0.6 is 0 Å². The summed E-state index contributed by atoms with van der Waals surface area (Å²) in [6, 6.07) is 23.9. The van der Waals surface area contributed by atoms with E-state index in [0.29, 0.717) is 0 Å². The Hall–Kier alpha value is -2.93. The Labute approximate surface area is 183 Å². The zero-order chi connectivity index (χ0) is 21.8. The highest BCUT2D eigenvalue weighted by atomic mass is 32.2. The average Bonchev–Trinajstić information content (AvgIpc) is 3.08. The fraction of sp³-hybridized carbons (Fsp3) is 0.200. The van der Waals surface area contributed by atoms with Crippen LogP contribution in [0.2, 0.25) is 0 Å². The van der Waals surface area contributed by atoms with Crippen molar-refractivity contribution < 1.29 is 8.42 Å². The van der Waals surface area contributed by atoms with Crippen LogP contribution < -0.4 is 10.5 Å². The lowest BCUT2D eigenvalue weighted by molar-refractivity contribution is 0.597. The number of nitrogens with two attached hydrogens (primary N) is 1. The summed E-state index contributed by atoms with van der Waals surface area (Å²) in [5.74, 6) is 0. The van der Waals surface area contributed by atoms with E-state index in [4.69, 9.17) is 5.14 Å². The molecule has 4 aromatic rings. The number of nitrogens with one attached hydrogen (secondary N) is 1. The molecule has 6 heteroatoms. The number of hydrogen-bond acceptors (Lipinski definition) is 3. The van der Waals surface area contributed by atoms with Gasteiger partial charge >= 0.3 is 0 Å². The maximum Gasteiger partial charge on any atom is 0.238 e. The first-order valence-corrected chi connectivity index (χ1v) is 11.9. The second kappa shape index (κ2) is 9.06. The van der Waals surface area contributed by atoms with Crippen LogP contribution in [0, 0.1) is 6.92 Å². The fourth-order valence-corrected chi connectivity index (χ4v) is 4.42. The summed E-state index contributed by atoms with van der Waals surface area (Å²) in [7, 11) is -3.64. The van der Waals surface area contributed by atoms with Crippen molar-refractivity contribution in [1.82, 2.24) is 9.88 Å². The lowest BCUT2D eigenvalue weighted by Crippen LogP contribution is -2.17. The van der Waals surface area contributed by atoms with E-state index in [1.165, 1.54) is 27.6 Å². The number of sulfonamides is 1. The molecule has 0 bridgehead atoms. The molecular weight excluding hydrogens is 406 g/mol. The molecule has 31 heavy (non-hydrogen) atoms. The number of rotatable bonds is 8. The molecule has 0 saturated heterocycles. The summed E-state index contributed by atoms with van der Waals surface area (Å²) < 4.78 is 25.0. The molecule has 3 N–H and O–H groups in total. The number of benzene rings is 3. The molecule has 4 rings (SSSR count). The minimum atomic E-state index is -3.64. The van der Waals surface area contributed by atoms with Crippen LogP contribution in [0.3, 0.4) is 0 Å². The molecule has 1 aromatic heterocycles. The Bertz CT molecular complexity index is 1290. The normalized spacial score (nSPS) is 11.8.